The lowest BCUT2D eigenvalue weighted by Gasteiger charge is -2.36. The minimum absolute atomic E-state index is 0.00247. The number of alkyl carbamates (subject to hydrolysis) is 2. The van der Waals surface area contributed by atoms with Gasteiger partial charge in [0.2, 0.25) is 23.6 Å². The summed E-state index contributed by atoms with van der Waals surface area (Å²) < 4.78 is 73.6. The molecule has 4 fully saturated rings. The van der Waals surface area contributed by atoms with Gasteiger partial charge in [-0.3, -0.25) is 28.3 Å². The van der Waals surface area contributed by atoms with Crippen LogP contribution in [0.2, 0.25) is 0 Å². The van der Waals surface area contributed by atoms with Crippen molar-refractivity contribution in [3.05, 3.63) is 135 Å². The molecule has 106 heavy (non-hydrogen) atoms. The van der Waals surface area contributed by atoms with Crippen LogP contribution in [-0.2, 0) is 46.8 Å². The molecule has 0 bridgehead atoms. The number of fused-ring (bicyclic) bond motifs is 2. The zero-order valence-corrected chi connectivity index (χ0v) is 65.1. The standard InChI is InChI=1S/C41H55N4O9P.C37H47N4O9P/c1-11-27-24-41(27,55(49,51-12-2)52-13-3)44-36(46)33-22-29(25-45(33)37(47)35(39(4,5)6)43-38(48)54-40(7,8)9)53-34-23-31(26-17-15-14-16-18-26)42-32-21-28(50-10)19-20-30(32)34;1-9-23-20-37(23,51(45,46)47)40-32(42)29-18-25(21-41(29)33(43)31(35(2,3)4)39-34(44)50-36(5,6)7)49-30-19-27(22-13-11-10-12-14-22)38-28-17-24(48-8)15-16-26(28)30/h11,14-21,23,27,29,33,35H,1,12-13,22,24-25H2,2-10H3,(H,43,48)(H,44,46);9-17,19,23,25,29,31H,1,18,20-21H2,2-8H3,(H,39,44)(H,40,42)(H2,45,46,47)/t27?,29-,33+,35-,41?;23?,25-,29+,31-,37?/m11/s1. The predicted octanol–water partition coefficient (Wildman–Crippen LogP) is 12.9. The summed E-state index contributed by atoms with van der Waals surface area (Å²) in [6.07, 6.45) is 0.440. The molecule has 2 aromatic heterocycles. The Morgan fingerprint density at radius 3 is 1.25 bits per heavy atom. The minimum Gasteiger partial charge on any atom is -0.497 e. The Kier molecular flexibility index (Phi) is 24.4. The normalized spacial score (nSPS) is 22.1. The Bertz CT molecular complexity index is 4350. The van der Waals surface area contributed by atoms with Crippen molar-refractivity contribution in [2.45, 2.75) is 181 Å². The van der Waals surface area contributed by atoms with E-state index in [2.05, 4.69) is 34.4 Å². The van der Waals surface area contributed by atoms with Crippen molar-refractivity contribution in [2.24, 2.45) is 22.7 Å². The largest absolute Gasteiger partial charge is 0.497 e. The number of methoxy groups -OCH3 is 2. The third kappa shape index (κ3) is 18.5. The molecule has 26 nitrogen and oxygen atoms in total. The SMILES string of the molecule is C=CC1CC1(NC(=O)[C@@H]1C[C@@H](Oc2cc(-c3ccccc3)nc3cc(OC)ccc23)CN1C(=O)[C@@H](NC(=O)OC(C)(C)C)C(C)(C)C)P(=O)(O)O.C=CC1CC1(NC(=O)[C@@H]1C[C@@H](Oc2cc(-c3ccccc3)nc3cc(OC)ccc23)CN1C(=O)[C@@H](NC(=O)OC(C)(C)C)C(C)(C)C)P(=O)(OCC)OCC. The maximum absolute atomic E-state index is 14.7. The van der Waals surface area contributed by atoms with Crippen LogP contribution in [0.1, 0.15) is 123 Å². The van der Waals surface area contributed by atoms with E-state index in [4.69, 9.17) is 47.4 Å². The van der Waals surface area contributed by atoms with Gasteiger partial charge in [0.15, 0.2) is 0 Å². The quantitative estimate of drug-likeness (QED) is 0.0242. The van der Waals surface area contributed by atoms with E-state index in [9.17, 15) is 47.7 Å². The van der Waals surface area contributed by atoms with Crippen LogP contribution in [0.4, 0.5) is 9.59 Å². The van der Waals surface area contributed by atoms with E-state index in [1.807, 2.05) is 112 Å². The number of hydrogen-bond acceptors (Lipinski definition) is 18. The van der Waals surface area contributed by atoms with Gasteiger partial charge in [-0.05, 0) is 103 Å². The molecule has 2 aliphatic carbocycles. The lowest BCUT2D eigenvalue weighted by atomic mass is 9.85. The Morgan fingerprint density at radius 1 is 0.566 bits per heavy atom. The van der Waals surface area contributed by atoms with E-state index in [1.54, 1.807) is 115 Å². The molecule has 6 amide bonds. The number of nitrogens with one attached hydrogen (secondary N) is 4. The third-order valence-corrected chi connectivity index (χ3v) is 23.2. The number of amides is 6. The summed E-state index contributed by atoms with van der Waals surface area (Å²) in [6, 6.07) is 29.3. The van der Waals surface area contributed by atoms with Crippen LogP contribution >= 0.6 is 15.2 Å². The number of aromatic nitrogens is 2. The van der Waals surface area contributed by atoms with Gasteiger partial charge in [0.1, 0.15) is 81.1 Å². The van der Waals surface area contributed by atoms with Crippen LogP contribution < -0.4 is 40.2 Å². The highest BCUT2D eigenvalue weighted by atomic mass is 31.2. The summed E-state index contributed by atoms with van der Waals surface area (Å²) in [5, 5.41) is 9.26. The molecule has 6 aromatic rings. The fourth-order valence-corrected chi connectivity index (χ4v) is 16.9. The zero-order chi connectivity index (χ0) is 77.9. The molecule has 2 aliphatic heterocycles. The number of likely N-dealkylation sites (tertiary alicyclic amines) is 2. The molecule has 4 heterocycles. The summed E-state index contributed by atoms with van der Waals surface area (Å²) in [7, 11) is -5.55. The Balaban J connectivity index is 0.000000246. The van der Waals surface area contributed by atoms with Gasteiger partial charge in [0, 0.05) is 70.8 Å². The van der Waals surface area contributed by atoms with Crippen molar-refractivity contribution < 1.29 is 85.2 Å². The molecule has 572 valence electrons. The van der Waals surface area contributed by atoms with Gasteiger partial charge in [0.05, 0.1) is 62.9 Å². The molecular formula is C78H102N8O18P2. The van der Waals surface area contributed by atoms with Crippen molar-refractivity contribution >= 4 is 72.8 Å². The smallest absolute Gasteiger partial charge is 0.408 e. The molecular weight excluding hydrogens is 1400 g/mol. The van der Waals surface area contributed by atoms with Crippen LogP contribution in [0.25, 0.3) is 44.3 Å². The van der Waals surface area contributed by atoms with Crippen molar-refractivity contribution in [1.29, 1.82) is 0 Å². The summed E-state index contributed by atoms with van der Waals surface area (Å²) in [4.78, 5) is 117. The molecule has 28 heteroatoms. The molecule has 2 saturated heterocycles. The molecule has 4 aliphatic rings. The first-order chi connectivity index (χ1) is 49.6. The Labute approximate surface area is 620 Å². The number of rotatable bonds is 24. The Morgan fingerprint density at radius 2 is 0.934 bits per heavy atom. The van der Waals surface area contributed by atoms with Crippen molar-refractivity contribution in [2.75, 3.05) is 40.5 Å². The van der Waals surface area contributed by atoms with Gasteiger partial charge in [-0.15, -0.1) is 13.2 Å². The Hall–Kier alpha value is -8.90. The molecule has 2 saturated carbocycles. The molecule has 4 aromatic carbocycles. The lowest BCUT2D eigenvalue weighted by Crippen LogP contribution is -2.59. The molecule has 10 rings (SSSR count). The lowest BCUT2D eigenvalue weighted by molar-refractivity contribution is -0.142. The highest BCUT2D eigenvalue weighted by molar-refractivity contribution is 7.56. The van der Waals surface area contributed by atoms with E-state index < -0.39 is 126 Å². The molecule has 6 N–H and O–H groups in total. The molecule has 4 unspecified atom stereocenters. The van der Waals surface area contributed by atoms with Crippen LogP contribution in [-0.4, -0.2) is 164 Å². The van der Waals surface area contributed by atoms with Gasteiger partial charge in [-0.1, -0.05) is 114 Å². The summed E-state index contributed by atoms with van der Waals surface area (Å²) in [5.74, 6) is -1.21. The summed E-state index contributed by atoms with van der Waals surface area (Å²) in [6.45, 7) is 32.2. The number of hydrogen-bond donors (Lipinski definition) is 6. The fraction of sp³-hybridized carbons (Fsp3) is 0.487. The number of ether oxygens (including phenoxy) is 6. The minimum atomic E-state index is -4.82. The average Bonchev–Trinajstić information content (AvgIpc) is 1.56. The number of pyridine rings is 2. The number of carbonyl (C=O) groups excluding carboxylic acids is 6. The van der Waals surface area contributed by atoms with Crippen molar-refractivity contribution in [1.82, 2.24) is 41.0 Å². The second-order valence-electron chi connectivity index (χ2n) is 31.2. The number of carbonyl (C=O) groups is 6. The average molecular weight is 1500 g/mol. The van der Waals surface area contributed by atoms with E-state index >= 15 is 0 Å². The highest BCUT2D eigenvalue weighted by Crippen LogP contribution is 2.73. The molecule has 10 atom stereocenters. The van der Waals surface area contributed by atoms with E-state index in [1.165, 1.54) is 15.9 Å². The van der Waals surface area contributed by atoms with E-state index in [-0.39, 0.29) is 51.5 Å². The first kappa shape index (κ1) is 81.2. The van der Waals surface area contributed by atoms with Crippen LogP contribution in [0, 0.1) is 22.7 Å². The maximum Gasteiger partial charge on any atom is 0.408 e. The predicted molar refractivity (Wildman–Crippen MR) is 403 cm³/mol. The first-order valence-electron chi connectivity index (χ1n) is 35.5. The van der Waals surface area contributed by atoms with Crippen LogP contribution in [0.5, 0.6) is 23.0 Å². The summed E-state index contributed by atoms with van der Waals surface area (Å²) >= 11 is 0. The van der Waals surface area contributed by atoms with Gasteiger partial charge >= 0.3 is 27.4 Å². The highest BCUT2D eigenvalue weighted by Gasteiger charge is 2.69. The third-order valence-electron chi connectivity index (χ3n) is 18.8. The number of benzene rings is 4. The number of nitrogens with zero attached hydrogens (tertiary/aromatic N) is 4. The summed E-state index contributed by atoms with van der Waals surface area (Å²) in [5.41, 5.74) is 1.01. The van der Waals surface area contributed by atoms with Crippen molar-refractivity contribution in [3.63, 3.8) is 0 Å². The van der Waals surface area contributed by atoms with Gasteiger partial charge in [-0.25, -0.2) is 19.6 Å². The fourth-order valence-electron chi connectivity index (χ4n) is 13.3. The molecule has 0 radical (unpaired) electrons. The zero-order valence-electron chi connectivity index (χ0n) is 63.3. The van der Waals surface area contributed by atoms with Gasteiger partial charge in [-0.2, -0.15) is 0 Å². The van der Waals surface area contributed by atoms with Crippen molar-refractivity contribution in [3.8, 4) is 45.5 Å². The monoisotopic (exact) mass is 1500 g/mol. The first-order valence-corrected chi connectivity index (χ1v) is 38.7. The van der Waals surface area contributed by atoms with E-state index in [0.29, 0.717) is 62.6 Å². The van der Waals surface area contributed by atoms with E-state index in [0.717, 1.165) is 11.1 Å². The topological polar surface area (TPSA) is 331 Å². The maximum atomic E-state index is 14.7. The van der Waals surface area contributed by atoms with Gasteiger partial charge < -0.3 is 78.3 Å². The second kappa shape index (κ2) is 31.9. The van der Waals surface area contributed by atoms with Crippen LogP contribution in [0.3, 0.4) is 0 Å². The molecule has 0 spiro atoms. The van der Waals surface area contributed by atoms with Crippen LogP contribution in [0.15, 0.2) is 135 Å². The second-order valence-corrected chi connectivity index (χ2v) is 35.4. The van der Waals surface area contributed by atoms with Gasteiger partial charge in [0.25, 0.3) is 0 Å².